The summed E-state index contributed by atoms with van der Waals surface area (Å²) in [4.78, 5) is 0. The summed E-state index contributed by atoms with van der Waals surface area (Å²) in [7, 11) is -6.94. The topological polar surface area (TPSA) is 74.8 Å². The Balaban J connectivity index is 3.29. The minimum absolute atomic E-state index is 0.0396. The Hall–Kier alpha value is -0.260. The van der Waals surface area contributed by atoms with Gasteiger partial charge in [-0.3, -0.25) is 0 Å². The molecule has 1 unspecified atom stereocenters. The highest BCUT2D eigenvalue weighted by molar-refractivity contribution is 8.08. The highest BCUT2D eigenvalue weighted by Crippen LogP contribution is 2.31. The van der Waals surface area contributed by atoms with Gasteiger partial charge in [-0.15, -0.1) is 7.42 Å². The molecule has 1 atom stereocenters. The second kappa shape index (κ2) is 8.02. The molecule has 0 bridgehead atoms. The lowest BCUT2D eigenvalue weighted by Gasteiger charge is -2.31. The van der Waals surface area contributed by atoms with Crippen LogP contribution in [-0.2, 0) is 20.0 Å². The third-order valence-electron chi connectivity index (χ3n) is 2.84. The Morgan fingerprint density at radius 1 is 0.955 bits per heavy atom. The maximum Gasteiger partial charge on any atom is 0.221 e. The van der Waals surface area contributed by atoms with E-state index in [9.17, 15) is 16.8 Å². The zero-order valence-electron chi connectivity index (χ0n) is 12.8. The summed E-state index contributed by atoms with van der Waals surface area (Å²) in [5.74, 6) is 0. The van der Waals surface area contributed by atoms with Gasteiger partial charge in [0.1, 0.15) is 0 Å². The molecule has 0 saturated carbocycles. The fraction of sp³-hybridized carbons (Fsp3) is 0.500. The standard InChI is InChI=1S/C12H20N2O4S4/c1-19-13(21(3,15)16)10-12(11-8-6-5-7-9-11)14(20-2)22(4,17)18/h5-9,12H,10H2,1-4H3. The second-order valence-corrected chi connectivity index (χ2v) is 10.4. The lowest BCUT2D eigenvalue weighted by Crippen LogP contribution is -2.37. The van der Waals surface area contributed by atoms with Crippen molar-refractivity contribution in [3.8, 4) is 0 Å². The van der Waals surface area contributed by atoms with Crippen molar-refractivity contribution >= 4 is 43.9 Å². The molecule has 0 aliphatic carbocycles. The average molecular weight is 385 g/mol. The molecule has 0 aromatic heterocycles. The number of benzene rings is 1. The first-order valence-corrected chi connectivity index (χ1v) is 12.3. The molecule has 0 amide bonds. The predicted molar refractivity (Wildman–Crippen MR) is 94.4 cm³/mol. The van der Waals surface area contributed by atoms with Crippen LogP contribution in [-0.4, -0.2) is 55.8 Å². The van der Waals surface area contributed by atoms with Gasteiger partial charge >= 0.3 is 0 Å². The highest BCUT2D eigenvalue weighted by atomic mass is 32.3. The van der Waals surface area contributed by atoms with E-state index >= 15 is 0 Å². The largest absolute Gasteiger partial charge is 0.221 e. The van der Waals surface area contributed by atoms with Crippen LogP contribution in [0.25, 0.3) is 0 Å². The summed E-state index contributed by atoms with van der Waals surface area (Å²) < 4.78 is 50.1. The molecule has 0 saturated heterocycles. The van der Waals surface area contributed by atoms with Crippen LogP contribution in [0, 0.1) is 0 Å². The Kier molecular flexibility index (Phi) is 7.21. The maximum atomic E-state index is 12.0. The number of rotatable bonds is 8. The Morgan fingerprint density at radius 3 is 1.86 bits per heavy atom. The van der Waals surface area contributed by atoms with Crippen molar-refractivity contribution in [3.63, 3.8) is 0 Å². The van der Waals surface area contributed by atoms with E-state index in [4.69, 9.17) is 0 Å². The molecular weight excluding hydrogens is 364 g/mol. The summed E-state index contributed by atoms with van der Waals surface area (Å²) in [6.45, 7) is 0.0396. The number of nitrogens with zero attached hydrogens (tertiary/aromatic N) is 2. The van der Waals surface area contributed by atoms with Crippen LogP contribution in [0.3, 0.4) is 0 Å². The van der Waals surface area contributed by atoms with Gasteiger partial charge < -0.3 is 0 Å². The van der Waals surface area contributed by atoms with E-state index in [1.807, 2.05) is 6.07 Å². The van der Waals surface area contributed by atoms with Gasteiger partial charge in [0.05, 0.1) is 18.6 Å². The Morgan fingerprint density at radius 2 is 1.50 bits per heavy atom. The molecule has 126 valence electrons. The van der Waals surface area contributed by atoms with Crippen LogP contribution in [0.15, 0.2) is 30.3 Å². The van der Waals surface area contributed by atoms with E-state index in [0.717, 1.165) is 42.0 Å². The predicted octanol–water partition coefficient (Wildman–Crippen LogP) is 1.81. The third kappa shape index (κ3) is 5.43. The summed E-state index contributed by atoms with van der Waals surface area (Å²) in [6, 6.07) is 8.40. The van der Waals surface area contributed by atoms with E-state index < -0.39 is 26.1 Å². The molecule has 0 aliphatic heterocycles. The monoisotopic (exact) mass is 384 g/mol. The Labute approximate surface area is 141 Å². The maximum absolute atomic E-state index is 12.0. The average Bonchev–Trinajstić information content (AvgIpc) is 2.41. The van der Waals surface area contributed by atoms with Crippen molar-refractivity contribution in [1.82, 2.24) is 7.42 Å². The van der Waals surface area contributed by atoms with E-state index in [2.05, 4.69) is 0 Å². The fourth-order valence-corrected chi connectivity index (χ4v) is 5.91. The second-order valence-electron chi connectivity index (χ2n) is 4.56. The quantitative estimate of drug-likeness (QED) is 0.636. The lowest BCUT2D eigenvalue weighted by molar-refractivity contribution is 0.427. The molecule has 22 heavy (non-hydrogen) atoms. The first kappa shape index (κ1) is 19.8. The first-order valence-electron chi connectivity index (χ1n) is 6.21. The molecule has 1 aromatic rings. The zero-order valence-corrected chi connectivity index (χ0v) is 16.1. The minimum Gasteiger partial charge on any atom is -0.212 e. The van der Waals surface area contributed by atoms with Crippen LogP contribution in [0.2, 0.25) is 0 Å². The van der Waals surface area contributed by atoms with Crippen LogP contribution >= 0.6 is 23.9 Å². The van der Waals surface area contributed by atoms with E-state index in [-0.39, 0.29) is 6.54 Å². The zero-order chi connectivity index (χ0) is 17.0. The van der Waals surface area contributed by atoms with Crippen molar-refractivity contribution in [2.75, 3.05) is 31.6 Å². The normalized spacial score (nSPS) is 14.5. The molecule has 0 N–H and O–H groups in total. The number of hydrogen-bond donors (Lipinski definition) is 0. The molecule has 0 radical (unpaired) electrons. The number of sulfonamides is 2. The van der Waals surface area contributed by atoms with Crippen molar-refractivity contribution in [1.29, 1.82) is 0 Å². The van der Waals surface area contributed by atoms with E-state index in [1.54, 1.807) is 36.8 Å². The van der Waals surface area contributed by atoms with Crippen LogP contribution in [0.5, 0.6) is 0 Å². The van der Waals surface area contributed by atoms with Gasteiger partial charge in [-0.2, -0.15) is 0 Å². The molecule has 0 aliphatic rings. The van der Waals surface area contributed by atoms with Gasteiger partial charge in [0.15, 0.2) is 0 Å². The summed E-state index contributed by atoms with van der Waals surface area (Å²) >= 11 is 2.11. The number of hydrogen-bond acceptors (Lipinski definition) is 6. The third-order valence-corrected chi connectivity index (χ3v) is 8.33. The van der Waals surface area contributed by atoms with Gasteiger partial charge in [0.2, 0.25) is 20.0 Å². The van der Waals surface area contributed by atoms with Crippen LogP contribution < -0.4 is 0 Å². The molecule has 0 spiro atoms. The minimum atomic E-state index is -3.50. The summed E-state index contributed by atoms with van der Waals surface area (Å²) in [6.07, 6.45) is 5.52. The molecular formula is C12H20N2O4S4. The molecule has 1 aromatic carbocycles. The smallest absolute Gasteiger partial charge is 0.212 e. The lowest BCUT2D eigenvalue weighted by atomic mass is 10.1. The first-order chi connectivity index (χ1) is 10.1. The van der Waals surface area contributed by atoms with Crippen molar-refractivity contribution in [3.05, 3.63) is 35.9 Å². The van der Waals surface area contributed by atoms with Gasteiger partial charge in [0.25, 0.3) is 0 Å². The van der Waals surface area contributed by atoms with Crippen molar-refractivity contribution in [2.24, 2.45) is 0 Å². The molecule has 0 heterocycles. The molecule has 6 nitrogen and oxygen atoms in total. The van der Waals surface area contributed by atoms with Crippen LogP contribution in [0.4, 0.5) is 0 Å². The van der Waals surface area contributed by atoms with Gasteiger partial charge in [0, 0.05) is 6.54 Å². The molecule has 10 heteroatoms. The summed E-state index contributed by atoms with van der Waals surface area (Å²) in [5, 5.41) is 0. The van der Waals surface area contributed by atoms with Crippen LogP contribution in [0.1, 0.15) is 11.6 Å². The van der Waals surface area contributed by atoms with Crippen molar-refractivity contribution < 1.29 is 16.8 Å². The molecule has 1 rings (SSSR count). The Bertz CT molecular complexity index is 676. The van der Waals surface area contributed by atoms with E-state index in [1.165, 1.54) is 7.42 Å². The highest BCUT2D eigenvalue weighted by Gasteiger charge is 2.31. The molecule has 0 fully saturated rings. The summed E-state index contributed by atoms with van der Waals surface area (Å²) in [5.41, 5.74) is 0.741. The van der Waals surface area contributed by atoms with Crippen molar-refractivity contribution in [2.45, 2.75) is 6.04 Å². The van der Waals surface area contributed by atoms with E-state index in [0.29, 0.717) is 0 Å². The fourth-order valence-electron chi connectivity index (χ4n) is 1.95. The SMILES string of the molecule is CSN(CC(c1ccccc1)N(SC)S(C)(=O)=O)S(C)(=O)=O. The van der Waals surface area contributed by atoms with Gasteiger partial charge in [-0.1, -0.05) is 54.2 Å². The van der Waals surface area contributed by atoms with Gasteiger partial charge in [-0.05, 0) is 18.1 Å². The van der Waals surface area contributed by atoms with Gasteiger partial charge in [-0.25, -0.2) is 16.8 Å².